The Morgan fingerprint density at radius 1 is 1.00 bits per heavy atom. The number of nitrogens with two attached hydrogens (primary N) is 1. The van der Waals surface area contributed by atoms with E-state index in [-0.39, 0.29) is 0 Å². The van der Waals surface area contributed by atoms with Crippen LogP contribution in [0.4, 0.5) is 0 Å². The molecule has 0 aliphatic heterocycles. The van der Waals surface area contributed by atoms with Gasteiger partial charge in [0.1, 0.15) is 12.4 Å². The summed E-state index contributed by atoms with van der Waals surface area (Å²) in [6.45, 7) is 0.307. The summed E-state index contributed by atoms with van der Waals surface area (Å²) >= 11 is 12.0. The molecule has 0 aliphatic carbocycles. The van der Waals surface area contributed by atoms with Crippen molar-refractivity contribution in [2.75, 3.05) is 0 Å². The molecule has 0 fully saturated rings. The quantitative estimate of drug-likeness (QED) is 0.703. The van der Waals surface area contributed by atoms with Crippen LogP contribution in [0.3, 0.4) is 0 Å². The molecule has 1 amide bonds. The fourth-order valence-corrected chi connectivity index (χ4v) is 2.75. The molecule has 6 heteroatoms. The van der Waals surface area contributed by atoms with Gasteiger partial charge in [0.15, 0.2) is 0 Å². The molecule has 0 saturated heterocycles. The predicted molar refractivity (Wildman–Crippen MR) is 99.0 cm³/mol. The van der Waals surface area contributed by atoms with Gasteiger partial charge in [0.2, 0.25) is 5.91 Å². The normalized spacial score (nSPS) is 10.5. The van der Waals surface area contributed by atoms with Crippen LogP contribution in [-0.4, -0.2) is 10.9 Å². The van der Waals surface area contributed by atoms with Gasteiger partial charge in [-0.25, -0.2) is 0 Å². The van der Waals surface area contributed by atoms with E-state index in [1.54, 1.807) is 36.7 Å². The third-order valence-corrected chi connectivity index (χ3v) is 4.21. The third-order valence-electron chi connectivity index (χ3n) is 3.63. The third kappa shape index (κ3) is 4.29. The number of benzene rings is 2. The molecule has 1 heterocycles. The summed E-state index contributed by atoms with van der Waals surface area (Å²) in [4.78, 5) is 15.3. The number of primary amides is 1. The van der Waals surface area contributed by atoms with Crippen molar-refractivity contribution in [1.82, 2.24) is 4.98 Å². The van der Waals surface area contributed by atoms with Crippen molar-refractivity contribution < 1.29 is 9.53 Å². The first-order valence-electron chi connectivity index (χ1n) is 7.45. The molecule has 0 atom stereocenters. The average Bonchev–Trinajstić information content (AvgIpc) is 2.61. The molecule has 0 radical (unpaired) electrons. The van der Waals surface area contributed by atoms with E-state index in [2.05, 4.69) is 4.98 Å². The van der Waals surface area contributed by atoms with Gasteiger partial charge in [0.05, 0.1) is 6.20 Å². The second-order valence-electron chi connectivity index (χ2n) is 5.38. The van der Waals surface area contributed by atoms with Crippen molar-refractivity contribution in [1.29, 1.82) is 0 Å². The minimum Gasteiger partial charge on any atom is -0.487 e. The highest BCUT2D eigenvalue weighted by Crippen LogP contribution is 2.25. The number of hydrogen-bond donors (Lipinski definition) is 1. The molecular weight excluding hydrogens is 359 g/mol. The summed E-state index contributed by atoms with van der Waals surface area (Å²) in [7, 11) is 0. The van der Waals surface area contributed by atoms with Gasteiger partial charge < -0.3 is 10.5 Å². The molecule has 0 spiro atoms. The Morgan fingerprint density at radius 3 is 2.44 bits per heavy atom. The van der Waals surface area contributed by atoms with Gasteiger partial charge in [-0.3, -0.25) is 9.78 Å². The van der Waals surface area contributed by atoms with E-state index in [1.165, 1.54) is 0 Å². The van der Waals surface area contributed by atoms with E-state index in [0.29, 0.717) is 28.0 Å². The fraction of sp³-hybridized carbons (Fsp3) is 0.0526. The number of halogens is 2. The Balaban J connectivity index is 1.76. The number of pyridine rings is 1. The molecule has 25 heavy (non-hydrogen) atoms. The molecule has 4 nitrogen and oxygen atoms in total. The lowest BCUT2D eigenvalue weighted by atomic mass is 10.1. The maximum absolute atomic E-state index is 11.1. The molecule has 2 N–H and O–H groups in total. The number of carbonyl (C=O) groups excluding carboxylic acids is 1. The molecule has 0 unspecified atom stereocenters. The number of aromatic nitrogens is 1. The van der Waals surface area contributed by atoms with E-state index < -0.39 is 5.91 Å². The minimum absolute atomic E-state index is 0.307. The summed E-state index contributed by atoms with van der Waals surface area (Å²) in [5.74, 6) is 0.157. The van der Waals surface area contributed by atoms with Crippen LogP contribution in [0, 0.1) is 0 Å². The zero-order chi connectivity index (χ0) is 17.8. The number of amides is 1. The number of nitrogens with zero attached hydrogens (tertiary/aromatic N) is 1. The van der Waals surface area contributed by atoms with Crippen LogP contribution in [0.15, 0.2) is 60.9 Å². The first-order valence-corrected chi connectivity index (χ1v) is 8.20. The second kappa shape index (κ2) is 7.55. The van der Waals surface area contributed by atoms with Crippen molar-refractivity contribution in [3.63, 3.8) is 0 Å². The van der Waals surface area contributed by atoms with E-state index in [9.17, 15) is 4.79 Å². The van der Waals surface area contributed by atoms with Crippen molar-refractivity contribution in [3.05, 3.63) is 82.1 Å². The molecule has 126 valence electrons. The van der Waals surface area contributed by atoms with Gasteiger partial charge in [-0.1, -0.05) is 41.4 Å². The summed E-state index contributed by atoms with van der Waals surface area (Å²) in [5.41, 5.74) is 8.33. The first kappa shape index (κ1) is 17.3. The van der Waals surface area contributed by atoms with Crippen molar-refractivity contribution in [3.8, 4) is 16.9 Å². The fourth-order valence-electron chi connectivity index (χ4n) is 2.28. The van der Waals surface area contributed by atoms with Crippen LogP contribution in [0.5, 0.6) is 5.75 Å². The maximum atomic E-state index is 11.1. The standard InChI is InChI=1S/C19H14Cl2N2O2/c20-16-6-5-14(18(21)8-16)11-25-17-7-15(9-23-10-17)12-1-3-13(4-2-12)19(22)24/h1-10H,11H2,(H2,22,24). The van der Waals surface area contributed by atoms with Crippen LogP contribution in [0.1, 0.15) is 15.9 Å². The molecule has 0 bridgehead atoms. The van der Waals surface area contributed by atoms with Crippen molar-refractivity contribution >= 4 is 29.1 Å². The van der Waals surface area contributed by atoms with E-state index in [0.717, 1.165) is 16.7 Å². The Hall–Kier alpha value is -2.56. The number of hydrogen-bond acceptors (Lipinski definition) is 3. The molecule has 0 aliphatic rings. The summed E-state index contributed by atoms with van der Waals surface area (Å²) in [6.07, 6.45) is 3.35. The Bertz CT molecular complexity index is 912. The summed E-state index contributed by atoms with van der Waals surface area (Å²) in [6, 6.07) is 14.1. The van der Waals surface area contributed by atoms with Crippen LogP contribution in [0.25, 0.3) is 11.1 Å². The van der Waals surface area contributed by atoms with Crippen molar-refractivity contribution in [2.45, 2.75) is 6.61 Å². The largest absolute Gasteiger partial charge is 0.487 e. The molecule has 2 aromatic carbocycles. The maximum Gasteiger partial charge on any atom is 0.248 e. The molecule has 0 saturated carbocycles. The highest BCUT2D eigenvalue weighted by Gasteiger charge is 2.06. The van der Waals surface area contributed by atoms with Crippen LogP contribution < -0.4 is 10.5 Å². The van der Waals surface area contributed by atoms with E-state index in [1.807, 2.05) is 24.3 Å². The first-order chi connectivity index (χ1) is 12.0. The topological polar surface area (TPSA) is 65.2 Å². The van der Waals surface area contributed by atoms with Crippen LogP contribution in [0.2, 0.25) is 10.0 Å². The number of ether oxygens (including phenoxy) is 1. The smallest absolute Gasteiger partial charge is 0.248 e. The highest BCUT2D eigenvalue weighted by atomic mass is 35.5. The zero-order valence-electron chi connectivity index (χ0n) is 13.1. The van der Waals surface area contributed by atoms with Gasteiger partial charge in [-0.05, 0) is 35.9 Å². The lowest BCUT2D eigenvalue weighted by molar-refractivity contribution is 0.100. The Kier molecular flexibility index (Phi) is 5.22. The van der Waals surface area contributed by atoms with Crippen LogP contribution in [-0.2, 0) is 6.61 Å². The average molecular weight is 373 g/mol. The zero-order valence-corrected chi connectivity index (χ0v) is 14.6. The SMILES string of the molecule is NC(=O)c1ccc(-c2cncc(OCc3ccc(Cl)cc3Cl)c2)cc1. The van der Waals surface area contributed by atoms with Crippen LogP contribution >= 0.6 is 23.2 Å². The lowest BCUT2D eigenvalue weighted by Gasteiger charge is -2.09. The predicted octanol–water partition coefficient (Wildman–Crippen LogP) is 4.73. The van der Waals surface area contributed by atoms with E-state index in [4.69, 9.17) is 33.7 Å². The van der Waals surface area contributed by atoms with Gasteiger partial charge in [0.25, 0.3) is 0 Å². The molecule has 3 aromatic rings. The highest BCUT2D eigenvalue weighted by molar-refractivity contribution is 6.35. The summed E-state index contributed by atoms with van der Waals surface area (Å²) < 4.78 is 5.77. The monoisotopic (exact) mass is 372 g/mol. The van der Waals surface area contributed by atoms with E-state index >= 15 is 0 Å². The number of carbonyl (C=O) groups is 1. The molecule has 3 rings (SSSR count). The Morgan fingerprint density at radius 2 is 1.76 bits per heavy atom. The minimum atomic E-state index is -0.457. The molecule has 1 aromatic heterocycles. The molecular formula is C19H14Cl2N2O2. The second-order valence-corrected chi connectivity index (χ2v) is 6.22. The summed E-state index contributed by atoms with van der Waals surface area (Å²) in [5, 5.41) is 1.13. The van der Waals surface area contributed by atoms with Gasteiger partial charge in [0, 0.05) is 32.9 Å². The lowest BCUT2D eigenvalue weighted by Crippen LogP contribution is -2.10. The van der Waals surface area contributed by atoms with Gasteiger partial charge >= 0.3 is 0 Å². The Labute approximate surface area is 155 Å². The van der Waals surface area contributed by atoms with Gasteiger partial charge in [-0.2, -0.15) is 0 Å². The van der Waals surface area contributed by atoms with Gasteiger partial charge in [-0.15, -0.1) is 0 Å². The van der Waals surface area contributed by atoms with Crippen molar-refractivity contribution in [2.24, 2.45) is 5.73 Å². The number of rotatable bonds is 5.